The predicted molar refractivity (Wildman–Crippen MR) is 118 cm³/mol. The first-order valence-corrected chi connectivity index (χ1v) is 10.4. The summed E-state index contributed by atoms with van der Waals surface area (Å²) < 4.78 is 9.13. The van der Waals surface area contributed by atoms with E-state index < -0.39 is 0 Å². The largest absolute Gasteiger partial charge is 0.491 e. The Labute approximate surface area is 182 Å². The summed E-state index contributed by atoms with van der Waals surface area (Å²) in [6, 6.07) is 14.4. The molecule has 0 saturated carbocycles. The van der Waals surface area contributed by atoms with Gasteiger partial charge in [-0.1, -0.05) is 11.6 Å². The fourth-order valence-electron chi connectivity index (χ4n) is 3.08. The standard InChI is InChI=1S/C22H18ClN3O3S/c1-29-19-3-2-12-26(22(19)28)17-7-5-16(6-8-17)25-13-15(24-14-25)4-9-18(27)20-10-11-21(23)30-20/h2-3,5-8,10-14H,4,9H2,1H3. The molecule has 0 aliphatic carbocycles. The number of ketones is 1. The van der Waals surface area contributed by atoms with Gasteiger partial charge in [0.2, 0.25) is 0 Å². The van der Waals surface area contributed by atoms with Crippen molar-refractivity contribution in [3.05, 3.63) is 92.5 Å². The van der Waals surface area contributed by atoms with Gasteiger partial charge in [0.25, 0.3) is 5.56 Å². The topological polar surface area (TPSA) is 66.1 Å². The zero-order chi connectivity index (χ0) is 21.1. The molecule has 152 valence electrons. The molecule has 3 aromatic heterocycles. The lowest BCUT2D eigenvalue weighted by Crippen LogP contribution is -2.18. The molecule has 0 unspecified atom stereocenters. The number of aromatic nitrogens is 3. The van der Waals surface area contributed by atoms with Gasteiger partial charge in [-0.2, -0.15) is 0 Å². The summed E-state index contributed by atoms with van der Waals surface area (Å²) in [5, 5.41) is 0. The average Bonchev–Trinajstić information content (AvgIpc) is 3.42. The van der Waals surface area contributed by atoms with Crippen LogP contribution >= 0.6 is 22.9 Å². The second-order valence-electron chi connectivity index (χ2n) is 6.57. The van der Waals surface area contributed by atoms with E-state index in [9.17, 15) is 9.59 Å². The second-order valence-corrected chi connectivity index (χ2v) is 8.28. The molecule has 0 N–H and O–H groups in total. The van der Waals surface area contributed by atoms with Crippen molar-refractivity contribution in [3.63, 3.8) is 0 Å². The van der Waals surface area contributed by atoms with Gasteiger partial charge in [-0.25, -0.2) is 4.98 Å². The van der Waals surface area contributed by atoms with Crippen molar-refractivity contribution in [2.75, 3.05) is 7.11 Å². The summed E-state index contributed by atoms with van der Waals surface area (Å²) in [6.45, 7) is 0. The minimum absolute atomic E-state index is 0.0644. The minimum Gasteiger partial charge on any atom is -0.491 e. The van der Waals surface area contributed by atoms with Gasteiger partial charge in [-0.3, -0.25) is 14.2 Å². The first kappa shape index (κ1) is 20.1. The highest BCUT2D eigenvalue weighted by Gasteiger charge is 2.11. The van der Waals surface area contributed by atoms with E-state index in [0.29, 0.717) is 27.8 Å². The third kappa shape index (κ3) is 4.22. The summed E-state index contributed by atoms with van der Waals surface area (Å²) in [6.07, 6.45) is 6.26. The number of Topliss-reactive ketones (excluding diaryl/α,β-unsaturated/α-hetero) is 1. The number of rotatable bonds is 7. The maximum Gasteiger partial charge on any atom is 0.297 e. The molecule has 8 heteroatoms. The van der Waals surface area contributed by atoms with Crippen molar-refractivity contribution in [2.24, 2.45) is 0 Å². The number of nitrogens with zero attached hydrogens (tertiary/aromatic N) is 3. The third-order valence-electron chi connectivity index (χ3n) is 4.65. The van der Waals surface area contributed by atoms with Gasteiger partial charge in [-0.05, 0) is 55.0 Å². The van der Waals surface area contributed by atoms with E-state index in [1.54, 1.807) is 36.8 Å². The number of thiophene rings is 1. The lowest BCUT2D eigenvalue weighted by Gasteiger charge is -2.09. The minimum atomic E-state index is -0.214. The highest BCUT2D eigenvalue weighted by atomic mass is 35.5. The molecule has 0 amide bonds. The number of ether oxygens (including phenoxy) is 1. The Kier molecular flexibility index (Phi) is 5.83. The van der Waals surface area contributed by atoms with Gasteiger partial charge >= 0.3 is 0 Å². The van der Waals surface area contributed by atoms with E-state index in [2.05, 4.69) is 4.98 Å². The highest BCUT2D eigenvalue weighted by Crippen LogP contribution is 2.23. The molecule has 1 aromatic carbocycles. The molecule has 4 rings (SSSR count). The van der Waals surface area contributed by atoms with Crippen LogP contribution in [0.25, 0.3) is 11.4 Å². The molecule has 0 saturated heterocycles. The number of hydrogen-bond acceptors (Lipinski definition) is 5. The maximum atomic E-state index is 12.4. The van der Waals surface area contributed by atoms with Crippen molar-refractivity contribution in [1.82, 2.24) is 14.1 Å². The molecule has 0 atom stereocenters. The molecule has 0 radical (unpaired) electrons. The van der Waals surface area contributed by atoms with Crippen LogP contribution in [0.15, 0.2) is 72.0 Å². The van der Waals surface area contributed by atoms with Crippen LogP contribution in [0, 0.1) is 0 Å². The molecule has 0 bridgehead atoms. The van der Waals surface area contributed by atoms with Crippen LogP contribution in [-0.2, 0) is 6.42 Å². The van der Waals surface area contributed by atoms with E-state index in [1.165, 1.54) is 23.0 Å². The summed E-state index contributed by atoms with van der Waals surface area (Å²) in [5.41, 5.74) is 2.27. The number of halogens is 1. The molecular formula is C22H18ClN3O3S. The number of benzene rings is 1. The predicted octanol–water partition coefficient (Wildman–Crippen LogP) is 4.56. The van der Waals surface area contributed by atoms with Crippen LogP contribution in [-0.4, -0.2) is 27.0 Å². The molecular weight excluding hydrogens is 422 g/mol. The molecule has 3 heterocycles. The molecule has 6 nitrogen and oxygen atoms in total. The normalized spacial score (nSPS) is 10.9. The van der Waals surface area contributed by atoms with E-state index in [4.69, 9.17) is 16.3 Å². The molecule has 4 aromatic rings. The van der Waals surface area contributed by atoms with E-state index in [0.717, 1.165) is 17.1 Å². The van der Waals surface area contributed by atoms with Gasteiger partial charge in [0, 0.05) is 30.2 Å². The van der Waals surface area contributed by atoms with Gasteiger partial charge in [0.15, 0.2) is 11.5 Å². The Morgan fingerprint density at radius 3 is 2.60 bits per heavy atom. The Morgan fingerprint density at radius 1 is 1.13 bits per heavy atom. The lowest BCUT2D eigenvalue weighted by atomic mass is 10.1. The number of pyridine rings is 1. The number of methoxy groups -OCH3 is 1. The van der Waals surface area contributed by atoms with Crippen LogP contribution in [0.3, 0.4) is 0 Å². The van der Waals surface area contributed by atoms with Gasteiger partial charge in [0.1, 0.15) is 0 Å². The molecule has 0 spiro atoms. The van der Waals surface area contributed by atoms with E-state index in [-0.39, 0.29) is 11.3 Å². The Bertz CT molecular complexity index is 1240. The molecule has 0 aliphatic heterocycles. The molecule has 0 aliphatic rings. The van der Waals surface area contributed by atoms with Gasteiger partial charge < -0.3 is 9.30 Å². The fourth-order valence-corrected chi connectivity index (χ4v) is 4.09. The Morgan fingerprint density at radius 2 is 1.90 bits per heavy atom. The zero-order valence-corrected chi connectivity index (χ0v) is 17.7. The molecule has 30 heavy (non-hydrogen) atoms. The summed E-state index contributed by atoms with van der Waals surface area (Å²) in [7, 11) is 1.48. The first-order chi connectivity index (χ1) is 14.5. The van der Waals surface area contributed by atoms with Crippen LogP contribution in [0.5, 0.6) is 5.75 Å². The van der Waals surface area contributed by atoms with Crippen molar-refractivity contribution >= 4 is 28.7 Å². The monoisotopic (exact) mass is 439 g/mol. The van der Waals surface area contributed by atoms with Crippen molar-refractivity contribution in [2.45, 2.75) is 12.8 Å². The smallest absolute Gasteiger partial charge is 0.297 e. The number of aryl methyl sites for hydroxylation is 1. The number of hydrogen-bond donors (Lipinski definition) is 0. The average molecular weight is 440 g/mol. The number of imidazole rings is 1. The third-order valence-corrected chi connectivity index (χ3v) is 5.92. The summed E-state index contributed by atoms with van der Waals surface area (Å²) >= 11 is 7.19. The lowest BCUT2D eigenvalue weighted by molar-refractivity contribution is 0.0986. The van der Waals surface area contributed by atoms with Crippen molar-refractivity contribution in [3.8, 4) is 17.1 Å². The van der Waals surface area contributed by atoms with Crippen molar-refractivity contribution < 1.29 is 9.53 Å². The first-order valence-electron chi connectivity index (χ1n) is 9.23. The number of carbonyl (C=O) groups excluding carboxylic acids is 1. The van der Waals surface area contributed by atoms with Crippen LogP contribution in [0.2, 0.25) is 4.34 Å². The SMILES string of the molecule is COc1cccn(-c2ccc(-n3cnc(CCC(=O)c4ccc(Cl)s4)c3)cc2)c1=O. The van der Waals surface area contributed by atoms with Crippen LogP contribution in [0.4, 0.5) is 0 Å². The quantitative estimate of drug-likeness (QED) is 0.396. The Balaban J connectivity index is 1.46. The number of carbonyl (C=O) groups is 1. The van der Waals surface area contributed by atoms with Crippen LogP contribution in [0.1, 0.15) is 21.8 Å². The summed E-state index contributed by atoms with van der Waals surface area (Å²) in [4.78, 5) is 29.7. The van der Waals surface area contributed by atoms with Gasteiger partial charge in [-0.15, -0.1) is 11.3 Å². The van der Waals surface area contributed by atoms with Crippen molar-refractivity contribution in [1.29, 1.82) is 0 Å². The molecule has 0 fully saturated rings. The second kappa shape index (κ2) is 8.69. The zero-order valence-electron chi connectivity index (χ0n) is 16.1. The highest BCUT2D eigenvalue weighted by molar-refractivity contribution is 7.18. The van der Waals surface area contributed by atoms with E-state index in [1.807, 2.05) is 35.0 Å². The van der Waals surface area contributed by atoms with E-state index >= 15 is 0 Å². The maximum absolute atomic E-state index is 12.4. The summed E-state index contributed by atoms with van der Waals surface area (Å²) in [5.74, 6) is 0.356. The van der Waals surface area contributed by atoms with Gasteiger partial charge in [0.05, 0.1) is 28.3 Å². The Hall–Kier alpha value is -3.16. The fraction of sp³-hybridized carbons (Fsp3) is 0.136. The van der Waals surface area contributed by atoms with Crippen LogP contribution < -0.4 is 10.3 Å².